The highest BCUT2D eigenvalue weighted by molar-refractivity contribution is 5.88. The Morgan fingerprint density at radius 3 is 2.41 bits per heavy atom. The van der Waals surface area contributed by atoms with Crippen LogP contribution < -0.4 is 0 Å². The van der Waals surface area contributed by atoms with E-state index in [1.165, 1.54) is 12.3 Å². The minimum Gasteiger partial charge on any atom is -0.329 e. The summed E-state index contributed by atoms with van der Waals surface area (Å²) in [6.07, 6.45) is 3.64. The Labute approximate surface area is 196 Å². The molecule has 0 fully saturated rings. The first-order valence-electron chi connectivity index (χ1n) is 11.3. The second kappa shape index (κ2) is 9.54. The van der Waals surface area contributed by atoms with Crippen LogP contribution in [-0.2, 0) is 0 Å². The molecule has 34 heavy (non-hydrogen) atoms. The first-order chi connectivity index (χ1) is 16.1. The highest BCUT2D eigenvalue weighted by Gasteiger charge is 2.41. The van der Waals surface area contributed by atoms with Gasteiger partial charge in [-0.25, -0.2) is 19.6 Å². The van der Waals surface area contributed by atoms with E-state index in [2.05, 4.69) is 29.9 Å². The molecule has 1 atom stereocenters. The highest BCUT2D eigenvalue weighted by Crippen LogP contribution is 2.37. The number of nitrogens with one attached hydrogen (secondary N) is 1. The number of aromatic nitrogens is 6. The van der Waals surface area contributed by atoms with Crippen LogP contribution in [0.1, 0.15) is 45.6 Å². The number of nitrogens with zero attached hydrogens (tertiary/aromatic N) is 6. The van der Waals surface area contributed by atoms with Crippen molar-refractivity contribution >= 4 is 11.2 Å². The predicted octanol–water partition coefficient (Wildman–Crippen LogP) is 5.36. The van der Waals surface area contributed by atoms with Gasteiger partial charge >= 0.3 is 6.18 Å². The zero-order chi connectivity index (χ0) is 24.5. The number of imidazole rings is 1. The molecule has 4 aromatic rings. The fourth-order valence-corrected chi connectivity index (χ4v) is 4.32. The lowest BCUT2D eigenvalue weighted by molar-refractivity contribution is -0.153. The number of halogens is 3. The summed E-state index contributed by atoms with van der Waals surface area (Å²) in [5.41, 5.74) is 3.20. The fourth-order valence-electron chi connectivity index (χ4n) is 4.32. The maximum absolute atomic E-state index is 13.9. The largest absolute Gasteiger partial charge is 0.395 e. The fraction of sp³-hybridized carbons (Fsp3) is 0.417. The smallest absolute Gasteiger partial charge is 0.329 e. The average molecular weight is 472 g/mol. The monoisotopic (exact) mass is 471 g/mol. The molecule has 1 unspecified atom stereocenters. The molecule has 0 saturated heterocycles. The molecule has 4 heterocycles. The second-order valence-corrected chi connectivity index (χ2v) is 8.89. The molecule has 10 heteroatoms. The Morgan fingerprint density at radius 2 is 1.76 bits per heavy atom. The molecule has 0 aliphatic rings. The van der Waals surface area contributed by atoms with E-state index in [4.69, 9.17) is 0 Å². The van der Waals surface area contributed by atoms with Crippen molar-refractivity contribution in [2.45, 2.75) is 58.3 Å². The topological polar surface area (TPSA) is 75.5 Å². The van der Waals surface area contributed by atoms with E-state index in [1.807, 2.05) is 33.8 Å². The number of H-pyrrole nitrogens is 1. The number of rotatable bonds is 8. The van der Waals surface area contributed by atoms with Gasteiger partial charge in [-0.15, -0.1) is 0 Å². The van der Waals surface area contributed by atoms with E-state index in [9.17, 15) is 13.2 Å². The third-order valence-corrected chi connectivity index (χ3v) is 6.02. The van der Waals surface area contributed by atoms with Crippen LogP contribution in [0.2, 0.25) is 0 Å². The van der Waals surface area contributed by atoms with Crippen LogP contribution in [-0.4, -0.2) is 59.4 Å². The number of alkyl halides is 3. The number of fused-ring (bicyclic) bond motifs is 1. The number of aromatic amines is 1. The molecule has 0 amide bonds. The zero-order valence-corrected chi connectivity index (χ0v) is 19.6. The standard InChI is InChI=1S/C24H28F3N7/c1-15(2)33(16(3)4)10-8-20(24(25,26)27)17-5-6-21(29-11-17)34-13-18(12-32-34)19-7-9-28-23-22(19)30-14-31-23/h5-7,9,11-16,20H,8,10H2,1-4H3,(H,28,30,31). The number of pyridine rings is 2. The van der Waals surface area contributed by atoms with Gasteiger partial charge in [0.1, 0.15) is 5.52 Å². The van der Waals surface area contributed by atoms with Gasteiger partial charge in [-0.05, 0) is 58.4 Å². The first kappa shape index (κ1) is 23.9. The third-order valence-electron chi connectivity index (χ3n) is 6.02. The minimum absolute atomic E-state index is 0.0193. The Bertz CT molecular complexity index is 1220. The van der Waals surface area contributed by atoms with Crippen molar-refractivity contribution in [3.63, 3.8) is 0 Å². The summed E-state index contributed by atoms with van der Waals surface area (Å²) in [5.74, 6) is -1.14. The first-order valence-corrected chi connectivity index (χ1v) is 11.3. The van der Waals surface area contributed by atoms with E-state index in [0.717, 1.165) is 16.6 Å². The molecular formula is C24H28F3N7. The van der Waals surface area contributed by atoms with E-state index < -0.39 is 12.1 Å². The van der Waals surface area contributed by atoms with Gasteiger partial charge in [-0.3, -0.25) is 4.90 Å². The van der Waals surface area contributed by atoms with Crippen LogP contribution in [0, 0.1) is 0 Å². The average Bonchev–Trinajstić information content (AvgIpc) is 3.45. The summed E-state index contributed by atoms with van der Waals surface area (Å²) >= 11 is 0. The van der Waals surface area contributed by atoms with E-state index >= 15 is 0 Å². The maximum Gasteiger partial charge on any atom is 0.395 e. The zero-order valence-electron chi connectivity index (χ0n) is 19.6. The molecule has 0 saturated carbocycles. The molecule has 0 aliphatic heterocycles. The molecular weight excluding hydrogens is 443 g/mol. The molecule has 0 radical (unpaired) electrons. The van der Waals surface area contributed by atoms with Crippen LogP contribution in [0.4, 0.5) is 13.2 Å². The van der Waals surface area contributed by atoms with E-state index in [1.54, 1.807) is 35.7 Å². The number of hydrogen-bond donors (Lipinski definition) is 1. The van der Waals surface area contributed by atoms with Crippen LogP contribution in [0.5, 0.6) is 0 Å². The summed E-state index contributed by atoms with van der Waals surface area (Å²) in [5, 5.41) is 4.34. The summed E-state index contributed by atoms with van der Waals surface area (Å²) in [4.78, 5) is 17.9. The Hall–Kier alpha value is -3.27. The van der Waals surface area contributed by atoms with Gasteiger partial charge in [0.05, 0.1) is 18.4 Å². The van der Waals surface area contributed by atoms with Gasteiger partial charge in [-0.2, -0.15) is 18.3 Å². The van der Waals surface area contributed by atoms with E-state index in [-0.39, 0.29) is 24.1 Å². The Kier molecular flexibility index (Phi) is 6.70. The van der Waals surface area contributed by atoms with Gasteiger partial charge < -0.3 is 4.98 Å². The predicted molar refractivity (Wildman–Crippen MR) is 125 cm³/mol. The summed E-state index contributed by atoms with van der Waals surface area (Å²) in [6.45, 7) is 8.36. The van der Waals surface area contributed by atoms with Gasteiger partial charge in [0.25, 0.3) is 0 Å². The summed E-state index contributed by atoms with van der Waals surface area (Å²) in [6, 6.07) is 5.25. The molecule has 0 aromatic carbocycles. The third kappa shape index (κ3) is 4.96. The van der Waals surface area contributed by atoms with Crippen molar-refractivity contribution in [1.29, 1.82) is 0 Å². The molecule has 0 aliphatic carbocycles. The SMILES string of the molecule is CC(C)N(CCC(c1ccc(-n2cc(-c3ccnc4[nH]cnc34)cn2)nc1)C(F)(F)F)C(C)C. The molecule has 1 N–H and O–H groups in total. The summed E-state index contributed by atoms with van der Waals surface area (Å²) in [7, 11) is 0. The van der Waals surface area contributed by atoms with Gasteiger partial charge in [0.2, 0.25) is 0 Å². The second-order valence-electron chi connectivity index (χ2n) is 8.89. The maximum atomic E-state index is 13.9. The van der Waals surface area contributed by atoms with Gasteiger partial charge in [0.15, 0.2) is 11.5 Å². The van der Waals surface area contributed by atoms with Crippen LogP contribution in [0.15, 0.2) is 49.3 Å². The van der Waals surface area contributed by atoms with Crippen LogP contribution >= 0.6 is 0 Å². The molecule has 0 bridgehead atoms. The van der Waals surface area contributed by atoms with Gasteiger partial charge in [-0.1, -0.05) is 6.07 Å². The molecule has 7 nitrogen and oxygen atoms in total. The van der Waals surface area contributed by atoms with Crippen molar-refractivity contribution in [2.75, 3.05) is 6.54 Å². The quantitative estimate of drug-likeness (QED) is 0.374. The molecule has 4 aromatic heterocycles. The van der Waals surface area contributed by atoms with Crippen molar-refractivity contribution in [1.82, 2.24) is 34.6 Å². The lowest BCUT2D eigenvalue weighted by Crippen LogP contribution is -2.39. The van der Waals surface area contributed by atoms with Crippen molar-refractivity contribution in [3.05, 3.63) is 54.9 Å². The Balaban J connectivity index is 1.55. The summed E-state index contributed by atoms with van der Waals surface area (Å²) < 4.78 is 43.2. The number of hydrogen-bond acceptors (Lipinski definition) is 5. The van der Waals surface area contributed by atoms with Crippen LogP contribution in [0.25, 0.3) is 28.1 Å². The van der Waals surface area contributed by atoms with Crippen molar-refractivity contribution in [3.8, 4) is 16.9 Å². The van der Waals surface area contributed by atoms with Crippen molar-refractivity contribution in [2.24, 2.45) is 0 Å². The van der Waals surface area contributed by atoms with Crippen LogP contribution in [0.3, 0.4) is 0 Å². The molecule has 180 valence electrons. The lowest BCUT2D eigenvalue weighted by atomic mass is 9.95. The lowest BCUT2D eigenvalue weighted by Gasteiger charge is -2.32. The normalized spacial score (nSPS) is 13.5. The Morgan fingerprint density at radius 1 is 1.00 bits per heavy atom. The van der Waals surface area contributed by atoms with Crippen molar-refractivity contribution < 1.29 is 13.2 Å². The highest BCUT2D eigenvalue weighted by atomic mass is 19.4. The molecule has 0 spiro atoms. The molecule has 4 rings (SSSR count). The van der Waals surface area contributed by atoms with E-state index in [0.29, 0.717) is 18.0 Å². The minimum atomic E-state index is -4.35. The van der Waals surface area contributed by atoms with Gasteiger partial charge in [0, 0.05) is 41.8 Å².